The molecule has 3 rings (SSSR count). The lowest BCUT2D eigenvalue weighted by molar-refractivity contribution is 0.0256. The molecular weight excluding hydrogens is 288 g/mol. The molecule has 0 radical (unpaired) electrons. The average Bonchev–Trinajstić information content (AvgIpc) is 3.13. The fourth-order valence-corrected chi connectivity index (χ4v) is 3.68. The van der Waals surface area contributed by atoms with Gasteiger partial charge in [-0.15, -0.1) is 11.3 Å². The number of fused-ring (bicyclic) bond motifs is 1. The summed E-state index contributed by atoms with van der Waals surface area (Å²) in [6.45, 7) is 4.01. The number of esters is 1. The van der Waals surface area contributed by atoms with Gasteiger partial charge in [-0.25, -0.2) is 14.8 Å². The zero-order valence-corrected chi connectivity index (χ0v) is 13.0. The van der Waals surface area contributed by atoms with E-state index in [1.165, 1.54) is 6.39 Å². The molecule has 0 fully saturated rings. The molecule has 1 unspecified atom stereocenters. The lowest BCUT2D eigenvalue weighted by atomic mass is 10.0. The molecule has 0 bridgehead atoms. The first-order valence-electron chi connectivity index (χ1n) is 7.34. The molecule has 0 saturated heterocycles. The Morgan fingerprint density at radius 3 is 3.10 bits per heavy atom. The lowest BCUT2D eigenvalue weighted by Crippen LogP contribution is -2.16. The summed E-state index contributed by atoms with van der Waals surface area (Å²) in [6.07, 6.45) is 5.47. The van der Waals surface area contributed by atoms with Gasteiger partial charge in [-0.2, -0.15) is 0 Å². The molecule has 1 atom stereocenters. The zero-order chi connectivity index (χ0) is 14.8. The molecule has 0 spiro atoms. The highest BCUT2D eigenvalue weighted by atomic mass is 32.1. The second kappa shape index (κ2) is 5.97. The molecule has 2 aromatic rings. The quantitative estimate of drug-likeness (QED) is 0.809. The van der Waals surface area contributed by atoms with Gasteiger partial charge < -0.3 is 9.15 Å². The third-order valence-electron chi connectivity index (χ3n) is 3.65. The third kappa shape index (κ3) is 2.72. The van der Waals surface area contributed by atoms with E-state index in [-0.39, 0.29) is 6.10 Å². The van der Waals surface area contributed by atoms with Gasteiger partial charge in [0.25, 0.3) is 0 Å². The Hall–Kier alpha value is -1.69. The highest BCUT2D eigenvalue weighted by Crippen LogP contribution is 2.37. The van der Waals surface area contributed by atoms with Gasteiger partial charge in [-0.3, -0.25) is 0 Å². The highest BCUT2D eigenvalue weighted by molar-refractivity contribution is 7.11. The Balaban J connectivity index is 1.80. The number of aromatic nitrogens is 2. The number of aryl methyl sites for hydroxylation is 3. The topological polar surface area (TPSA) is 65.2 Å². The van der Waals surface area contributed by atoms with Crippen molar-refractivity contribution in [2.45, 2.75) is 52.1 Å². The second-order valence-corrected chi connectivity index (χ2v) is 6.15. The van der Waals surface area contributed by atoms with Crippen LogP contribution in [-0.2, 0) is 24.0 Å². The van der Waals surface area contributed by atoms with Crippen LogP contribution in [0.4, 0.5) is 0 Å². The van der Waals surface area contributed by atoms with Crippen molar-refractivity contribution in [3.63, 3.8) is 0 Å². The van der Waals surface area contributed by atoms with E-state index in [9.17, 15) is 4.79 Å². The standard InChI is InChI=1S/C15H18N2O3S/c1-3-10-13(16-8-19-10)15(18)20-11-7-5-6-9-14(11)21-12(4-2)17-9/h8,11H,3-7H2,1-2H3. The van der Waals surface area contributed by atoms with Crippen molar-refractivity contribution in [1.29, 1.82) is 0 Å². The highest BCUT2D eigenvalue weighted by Gasteiger charge is 2.29. The third-order valence-corrected chi connectivity index (χ3v) is 4.99. The molecule has 6 heteroatoms. The van der Waals surface area contributed by atoms with Crippen LogP contribution in [0.25, 0.3) is 0 Å². The summed E-state index contributed by atoms with van der Waals surface area (Å²) < 4.78 is 10.9. The first-order chi connectivity index (χ1) is 10.2. The molecule has 0 amide bonds. The fraction of sp³-hybridized carbons (Fsp3) is 0.533. The van der Waals surface area contributed by atoms with Crippen LogP contribution in [0.15, 0.2) is 10.8 Å². The summed E-state index contributed by atoms with van der Waals surface area (Å²) in [5.41, 5.74) is 1.39. The van der Waals surface area contributed by atoms with Crippen LogP contribution < -0.4 is 0 Å². The molecule has 0 aromatic carbocycles. The largest absolute Gasteiger partial charge is 0.452 e. The van der Waals surface area contributed by atoms with Gasteiger partial charge >= 0.3 is 5.97 Å². The van der Waals surface area contributed by atoms with Gasteiger partial charge in [0, 0.05) is 6.42 Å². The number of oxazole rings is 1. The Labute approximate surface area is 127 Å². The summed E-state index contributed by atoms with van der Waals surface area (Å²) in [5.74, 6) is 0.180. The number of rotatable bonds is 4. The van der Waals surface area contributed by atoms with E-state index in [0.29, 0.717) is 17.9 Å². The smallest absolute Gasteiger partial charge is 0.361 e. The zero-order valence-electron chi connectivity index (χ0n) is 12.2. The summed E-state index contributed by atoms with van der Waals surface area (Å²) >= 11 is 1.66. The SMILES string of the molecule is CCc1nc2c(s1)C(OC(=O)c1ncoc1CC)CCC2. The second-order valence-electron chi connectivity index (χ2n) is 5.04. The van der Waals surface area contributed by atoms with Gasteiger partial charge in [0.05, 0.1) is 15.6 Å². The summed E-state index contributed by atoms with van der Waals surface area (Å²) in [5, 5.41) is 1.11. The monoisotopic (exact) mass is 306 g/mol. The molecule has 21 heavy (non-hydrogen) atoms. The first-order valence-corrected chi connectivity index (χ1v) is 8.16. The van der Waals surface area contributed by atoms with E-state index in [4.69, 9.17) is 9.15 Å². The van der Waals surface area contributed by atoms with Crippen LogP contribution in [0.5, 0.6) is 0 Å². The van der Waals surface area contributed by atoms with Crippen LogP contribution in [0.3, 0.4) is 0 Å². The van der Waals surface area contributed by atoms with Crippen LogP contribution in [0.2, 0.25) is 0 Å². The van der Waals surface area contributed by atoms with E-state index in [2.05, 4.69) is 16.9 Å². The Bertz CT molecular complexity index is 647. The van der Waals surface area contributed by atoms with E-state index < -0.39 is 5.97 Å². The number of ether oxygens (including phenoxy) is 1. The van der Waals surface area contributed by atoms with E-state index in [1.807, 2.05) is 6.92 Å². The van der Waals surface area contributed by atoms with Crippen molar-refractivity contribution in [3.8, 4) is 0 Å². The predicted molar refractivity (Wildman–Crippen MR) is 78.5 cm³/mol. The van der Waals surface area contributed by atoms with Gasteiger partial charge in [0.1, 0.15) is 11.9 Å². The number of carbonyl (C=O) groups is 1. The summed E-state index contributed by atoms with van der Waals surface area (Å²) in [7, 11) is 0. The van der Waals surface area contributed by atoms with Crippen molar-refractivity contribution in [1.82, 2.24) is 9.97 Å². The summed E-state index contributed by atoms with van der Waals surface area (Å²) in [4.78, 5) is 22.0. The van der Waals surface area contributed by atoms with Gasteiger partial charge in [0.15, 0.2) is 12.1 Å². The van der Waals surface area contributed by atoms with Crippen molar-refractivity contribution in [2.75, 3.05) is 0 Å². The van der Waals surface area contributed by atoms with Crippen LogP contribution in [0, 0.1) is 0 Å². The molecule has 2 heterocycles. The maximum absolute atomic E-state index is 12.3. The van der Waals surface area contributed by atoms with Crippen LogP contribution in [0.1, 0.15) is 64.6 Å². The van der Waals surface area contributed by atoms with Gasteiger partial charge in [-0.05, 0) is 25.7 Å². The molecule has 1 aliphatic rings. The van der Waals surface area contributed by atoms with Gasteiger partial charge in [0.2, 0.25) is 0 Å². The van der Waals surface area contributed by atoms with Crippen molar-refractivity contribution in [3.05, 3.63) is 33.4 Å². The van der Waals surface area contributed by atoms with Crippen molar-refractivity contribution < 1.29 is 13.9 Å². The lowest BCUT2D eigenvalue weighted by Gasteiger charge is -2.21. The van der Waals surface area contributed by atoms with Crippen molar-refractivity contribution >= 4 is 17.3 Å². The normalized spacial score (nSPS) is 17.5. The van der Waals surface area contributed by atoms with Gasteiger partial charge in [-0.1, -0.05) is 13.8 Å². The van der Waals surface area contributed by atoms with E-state index in [1.54, 1.807) is 11.3 Å². The number of nitrogens with zero attached hydrogens (tertiary/aromatic N) is 2. The maximum Gasteiger partial charge on any atom is 0.361 e. The molecule has 112 valence electrons. The fourth-order valence-electron chi connectivity index (χ4n) is 2.57. The minimum Gasteiger partial charge on any atom is -0.452 e. The Morgan fingerprint density at radius 2 is 2.33 bits per heavy atom. The maximum atomic E-state index is 12.3. The molecule has 0 aliphatic heterocycles. The Kier molecular flexibility index (Phi) is 4.05. The Morgan fingerprint density at radius 1 is 1.48 bits per heavy atom. The van der Waals surface area contributed by atoms with Crippen LogP contribution >= 0.6 is 11.3 Å². The predicted octanol–water partition coefficient (Wildman–Crippen LogP) is 3.49. The molecule has 5 nitrogen and oxygen atoms in total. The number of carbonyl (C=O) groups excluding carboxylic acids is 1. The minimum absolute atomic E-state index is 0.194. The van der Waals surface area contributed by atoms with Crippen molar-refractivity contribution in [2.24, 2.45) is 0 Å². The van der Waals surface area contributed by atoms with E-state index in [0.717, 1.165) is 41.3 Å². The number of hydrogen-bond donors (Lipinski definition) is 0. The van der Waals surface area contributed by atoms with Crippen LogP contribution in [-0.4, -0.2) is 15.9 Å². The molecule has 0 saturated carbocycles. The minimum atomic E-state index is -0.398. The molecule has 0 N–H and O–H groups in total. The average molecular weight is 306 g/mol. The number of hydrogen-bond acceptors (Lipinski definition) is 6. The molecular formula is C15H18N2O3S. The molecule has 1 aliphatic carbocycles. The number of thiazole rings is 1. The summed E-state index contributed by atoms with van der Waals surface area (Å²) in [6, 6.07) is 0. The van der Waals surface area contributed by atoms with E-state index >= 15 is 0 Å². The first kappa shape index (κ1) is 14.3. The molecule has 2 aromatic heterocycles.